The van der Waals surface area contributed by atoms with Crippen LogP contribution in [-0.4, -0.2) is 66.5 Å². The SMILES string of the molecule is CCOC(CN(Cc1cccc2cccnc12)C(=O)[C@H](CC(=O)NC(c1ccccc1)(c1ccccc1)c1ccccc1)NC(=O)OCC1c2ccccc2-c2ccccc21)OCC. The first-order valence-corrected chi connectivity index (χ1v) is 21.8. The number of benzene rings is 6. The highest BCUT2D eigenvalue weighted by Gasteiger charge is 2.40. The summed E-state index contributed by atoms with van der Waals surface area (Å²) in [4.78, 5) is 50.7. The lowest BCUT2D eigenvalue weighted by molar-refractivity contribution is -0.161. The normalized spacial score (nSPS) is 12.6. The lowest BCUT2D eigenvalue weighted by atomic mass is 9.77. The Hall–Kier alpha value is -7.14. The van der Waals surface area contributed by atoms with Crippen molar-refractivity contribution >= 4 is 28.8 Å². The third kappa shape index (κ3) is 9.44. The number of carbonyl (C=O) groups excluding carboxylic acids is 3. The minimum atomic E-state index is -1.37. The van der Waals surface area contributed by atoms with Gasteiger partial charge in [-0.15, -0.1) is 0 Å². The molecule has 0 saturated carbocycles. The Labute approximate surface area is 374 Å². The number of aromatic nitrogens is 1. The average Bonchev–Trinajstić information content (AvgIpc) is 3.66. The molecule has 8 rings (SSSR count). The maximum atomic E-state index is 15.3. The number of pyridine rings is 1. The summed E-state index contributed by atoms with van der Waals surface area (Å²) in [5.74, 6) is -1.22. The first-order valence-electron chi connectivity index (χ1n) is 21.8. The van der Waals surface area contributed by atoms with Gasteiger partial charge in [0, 0.05) is 37.3 Å². The molecule has 0 spiro atoms. The second-order valence-electron chi connectivity index (χ2n) is 15.7. The molecular formula is C54H52N4O6. The maximum Gasteiger partial charge on any atom is 0.407 e. The van der Waals surface area contributed by atoms with E-state index in [2.05, 4.69) is 27.8 Å². The van der Waals surface area contributed by atoms with Gasteiger partial charge in [0.1, 0.15) is 18.2 Å². The number of carbonyl (C=O) groups is 3. The molecule has 6 aromatic carbocycles. The van der Waals surface area contributed by atoms with Gasteiger partial charge in [0.05, 0.1) is 18.5 Å². The third-order valence-electron chi connectivity index (χ3n) is 11.7. The van der Waals surface area contributed by atoms with Crippen molar-refractivity contribution in [2.75, 3.05) is 26.4 Å². The van der Waals surface area contributed by atoms with E-state index in [1.54, 1.807) is 11.1 Å². The van der Waals surface area contributed by atoms with Crippen LogP contribution in [0, 0.1) is 0 Å². The van der Waals surface area contributed by atoms with Crippen LogP contribution in [0.1, 0.15) is 59.6 Å². The van der Waals surface area contributed by atoms with Gasteiger partial charge in [0.15, 0.2) is 6.29 Å². The number of amides is 3. The zero-order valence-corrected chi connectivity index (χ0v) is 36.1. The molecule has 7 aromatic rings. The summed E-state index contributed by atoms with van der Waals surface area (Å²) >= 11 is 0. The van der Waals surface area contributed by atoms with E-state index >= 15 is 4.79 Å². The molecule has 0 fully saturated rings. The zero-order chi connectivity index (χ0) is 44.3. The number of fused-ring (bicyclic) bond motifs is 4. The van der Waals surface area contributed by atoms with Crippen LogP contribution in [0.4, 0.5) is 4.79 Å². The quantitative estimate of drug-likeness (QED) is 0.0653. The summed E-state index contributed by atoms with van der Waals surface area (Å²) < 4.78 is 18.0. The van der Waals surface area contributed by atoms with Crippen LogP contribution >= 0.6 is 0 Å². The minimum absolute atomic E-state index is 0.0101. The molecule has 0 bridgehead atoms. The molecule has 324 valence electrons. The van der Waals surface area contributed by atoms with Crippen LogP contribution in [0.15, 0.2) is 176 Å². The van der Waals surface area contributed by atoms with E-state index in [0.717, 1.165) is 55.4 Å². The van der Waals surface area contributed by atoms with Crippen molar-refractivity contribution in [3.8, 4) is 11.1 Å². The first-order chi connectivity index (χ1) is 31.4. The molecule has 0 saturated heterocycles. The number of rotatable bonds is 18. The van der Waals surface area contributed by atoms with Gasteiger partial charge in [-0.3, -0.25) is 14.6 Å². The molecule has 1 aliphatic rings. The minimum Gasteiger partial charge on any atom is -0.449 e. The number of nitrogens with one attached hydrogen (secondary N) is 2. The summed E-state index contributed by atoms with van der Waals surface area (Å²) in [5.41, 5.74) is 7.06. The summed E-state index contributed by atoms with van der Waals surface area (Å²) in [7, 11) is 0. The van der Waals surface area contributed by atoms with Crippen molar-refractivity contribution in [1.29, 1.82) is 0 Å². The average molecular weight is 853 g/mol. The van der Waals surface area contributed by atoms with Crippen molar-refractivity contribution in [3.63, 3.8) is 0 Å². The van der Waals surface area contributed by atoms with E-state index in [4.69, 9.17) is 14.2 Å². The number of alkyl carbamates (subject to hydrolysis) is 1. The van der Waals surface area contributed by atoms with Crippen molar-refractivity contribution in [1.82, 2.24) is 20.5 Å². The summed E-state index contributed by atoms with van der Waals surface area (Å²) in [6.07, 6.45) is -0.319. The Kier molecular flexibility index (Phi) is 13.8. The van der Waals surface area contributed by atoms with Gasteiger partial charge in [-0.25, -0.2) is 4.79 Å². The van der Waals surface area contributed by atoms with Crippen LogP contribution in [0.5, 0.6) is 0 Å². The number of para-hydroxylation sites is 1. The third-order valence-corrected chi connectivity index (χ3v) is 11.7. The maximum absolute atomic E-state index is 15.3. The molecule has 1 atom stereocenters. The lowest BCUT2D eigenvalue weighted by Gasteiger charge is -2.37. The Morgan fingerprint density at radius 1 is 0.656 bits per heavy atom. The van der Waals surface area contributed by atoms with Gasteiger partial charge in [0.2, 0.25) is 11.8 Å². The van der Waals surface area contributed by atoms with Gasteiger partial charge >= 0.3 is 6.09 Å². The Morgan fingerprint density at radius 2 is 1.19 bits per heavy atom. The molecule has 10 nitrogen and oxygen atoms in total. The van der Waals surface area contributed by atoms with Crippen molar-refractivity contribution in [3.05, 3.63) is 209 Å². The number of hydrogen-bond donors (Lipinski definition) is 2. The fourth-order valence-electron chi connectivity index (χ4n) is 8.87. The predicted molar refractivity (Wildman–Crippen MR) is 248 cm³/mol. The van der Waals surface area contributed by atoms with Crippen LogP contribution in [0.25, 0.3) is 22.0 Å². The van der Waals surface area contributed by atoms with E-state index in [0.29, 0.717) is 13.2 Å². The Balaban J connectivity index is 1.15. The highest BCUT2D eigenvalue weighted by molar-refractivity contribution is 5.92. The van der Waals surface area contributed by atoms with Crippen molar-refractivity contribution in [2.45, 2.75) is 50.6 Å². The van der Waals surface area contributed by atoms with E-state index in [9.17, 15) is 9.59 Å². The van der Waals surface area contributed by atoms with E-state index in [1.807, 2.05) is 172 Å². The molecule has 3 amide bonds. The van der Waals surface area contributed by atoms with Gasteiger partial charge in [-0.05, 0) is 64.4 Å². The standard InChI is InChI=1S/C54H52N4O6/c1-3-62-50(63-4-2)36-58(35-39-21-18-20-38-22-19-33-55-51(38)39)52(60)48(56-53(61)64-37-47-45-31-16-14-29-43(45)44-30-15-17-32-46(44)47)34-49(59)57-54(40-23-8-5-9-24-40,41-25-10-6-11-26-41)42-27-12-7-13-28-42/h5-33,47-48,50H,3-4,34-37H2,1-2H3,(H,56,61)(H,57,59)/t48-/m0/s1. The summed E-state index contributed by atoms with van der Waals surface area (Å²) in [6.45, 7) is 4.52. The molecule has 0 unspecified atom stereocenters. The molecule has 1 aromatic heterocycles. The van der Waals surface area contributed by atoms with E-state index in [-0.39, 0.29) is 25.6 Å². The van der Waals surface area contributed by atoms with Gasteiger partial charge in [-0.2, -0.15) is 0 Å². The Morgan fingerprint density at radius 3 is 1.75 bits per heavy atom. The van der Waals surface area contributed by atoms with Crippen LogP contribution in [0.3, 0.4) is 0 Å². The molecular weight excluding hydrogens is 801 g/mol. The van der Waals surface area contributed by atoms with Crippen LogP contribution < -0.4 is 10.6 Å². The number of ether oxygens (including phenoxy) is 3. The fourth-order valence-corrected chi connectivity index (χ4v) is 8.87. The predicted octanol–water partition coefficient (Wildman–Crippen LogP) is 9.37. The second kappa shape index (κ2) is 20.4. The molecule has 1 heterocycles. The van der Waals surface area contributed by atoms with Crippen molar-refractivity contribution < 1.29 is 28.6 Å². The smallest absolute Gasteiger partial charge is 0.407 e. The van der Waals surface area contributed by atoms with E-state index in [1.165, 1.54) is 0 Å². The monoisotopic (exact) mass is 852 g/mol. The highest BCUT2D eigenvalue weighted by atomic mass is 16.7. The zero-order valence-electron chi connectivity index (χ0n) is 36.1. The largest absolute Gasteiger partial charge is 0.449 e. The molecule has 0 aliphatic heterocycles. The van der Waals surface area contributed by atoms with Gasteiger partial charge < -0.3 is 29.7 Å². The van der Waals surface area contributed by atoms with Gasteiger partial charge in [0.25, 0.3) is 0 Å². The topological polar surface area (TPSA) is 119 Å². The van der Waals surface area contributed by atoms with Gasteiger partial charge in [-0.1, -0.05) is 164 Å². The van der Waals surface area contributed by atoms with Crippen LogP contribution in [0.2, 0.25) is 0 Å². The number of hydrogen-bond acceptors (Lipinski definition) is 7. The Bertz CT molecular complexity index is 2520. The van der Waals surface area contributed by atoms with Crippen LogP contribution in [-0.2, 0) is 35.9 Å². The summed E-state index contributed by atoms with van der Waals surface area (Å²) in [6, 6.07) is 53.6. The fraction of sp³-hybridized carbons (Fsp3) is 0.222. The molecule has 0 radical (unpaired) electrons. The molecule has 1 aliphatic carbocycles. The first kappa shape index (κ1) is 43.5. The second-order valence-corrected chi connectivity index (χ2v) is 15.7. The molecule has 2 N–H and O–H groups in total. The van der Waals surface area contributed by atoms with E-state index < -0.39 is 42.2 Å². The molecule has 64 heavy (non-hydrogen) atoms. The highest BCUT2D eigenvalue weighted by Crippen LogP contribution is 2.44. The summed E-state index contributed by atoms with van der Waals surface area (Å²) in [5, 5.41) is 7.13. The van der Waals surface area contributed by atoms with Crippen molar-refractivity contribution in [2.24, 2.45) is 0 Å². The lowest BCUT2D eigenvalue weighted by Crippen LogP contribution is -2.54. The molecule has 10 heteroatoms. The number of nitrogens with zero attached hydrogens (tertiary/aromatic N) is 2.